The Kier molecular flexibility index (Phi) is 9.05. The molecule has 174 valence electrons. The Morgan fingerprint density at radius 2 is 1.72 bits per heavy atom. The zero-order valence-corrected chi connectivity index (χ0v) is 18.3. The third kappa shape index (κ3) is 6.45. The maximum Gasteiger partial charge on any atom is 0.328 e. The minimum Gasteiger partial charge on any atom is -0.480 e. The van der Waals surface area contributed by atoms with E-state index in [1.807, 2.05) is 24.3 Å². The number of aliphatic hydroxyl groups is 1. The van der Waals surface area contributed by atoms with Gasteiger partial charge < -0.3 is 36.9 Å². The van der Waals surface area contributed by atoms with Gasteiger partial charge >= 0.3 is 5.97 Å². The number of rotatable bonds is 11. The molecule has 4 unspecified atom stereocenters. The zero-order chi connectivity index (χ0) is 23.8. The van der Waals surface area contributed by atoms with Gasteiger partial charge in [0.15, 0.2) is 0 Å². The number of aromatic nitrogens is 1. The van der Waals surface area contributed by atoms with E-state index in [4.69, 9.17) is 15.9 Å². The Morgan fingerprint density at radius 1 is 1.06 bits per heavy atom. The van der Waals surface area contributed by atoms with Gasteiger partial charge in [-0.25, -0.2) is 4.79 Å². The molecule has 1 heterocycles. The number of amides is 3. The SMILES string of the molecule is CC(NC(=O)C(N)Cc1c[nH]c2ccccc12)C(=O)NC(CS)C(=O)NC(CO)C(=O)O. The summed E-state index contributed by atoms with van der Waals surface area (Å²) in [5.41, 5.74) is 7.80. The number of aliphatic carboxylic acids is 1. The van der Waals surface area contributed by atoms with Crippen molar-refractivity contribution in [2.24, 2.45) is 5.73 Å². The second-order valence-electron chi connectivity index (χ2n) is 7.23. The van der Waals surface area contributed by atoms with Crippen molar-refractivity contribution in [2.45, 2.75) is 37.5 Å². The zero-order valence-electron chi connectivity index (χ0n) is 17.4. The monoisotopic (exact) mass is 465 g/mol. The van der Waals surface area contributed by atoms with Crippen LogP contribution in [0.5, 0.6) is 0 Å². The normalized spacial score (nSPS) is 14.8. The van der Waals surface area contributed by atoms with Crippen molar-refractivity contribution in [3.8, 4) is 0 Å². The standard InChI is InChI=1S/C20H27N5O6S/c1-10(17(27)25-16(9-32)19(29)24-15(8-26)20(30)31)23-18(28)13(21)6-11-7-22-14-5-3-2-4-12(11)14/h2-5,7,10,13,15-16,22,26,32H,6,8-9,21H2,1H3,(H,23,28)(H,24,29)(H,25,27)(H,30,31). The number of carboxylic acids is 1. The van der Waals surface area contributed by atoms with Gasteiger partial charge in [-0.05, 0) is 25.0 Å². The van der Waals surface area contributed by atoms with Gasteiger partial charge in [0.25, 0.3) is 0 Å². The van der Waals surface area contributed by atoms with Crippen molar-refractivity contribution < 1.29 is 29.4 Å². The molecule has 2 aromatic rings. The molecule has 0 aliphatic carbocycles. The smallest absolute Gasteiger partial charge is 0.328 e. The van der Waals surface area contributed by atoms with Crippen LogP contribution in [0, 0.1) is 0 Å². The van der Waals surface area contributed by atoms with E-state index in [1.165, 1.54) is 6.92 Å². The van der Waals surface area contributed by atoms with Crippen LogP contribution in [0.2, 0.25) is 0 Å². The minimum atomic E-state index is -1.51. The number of carboxylic acid groups (broad SMARTS) is 1. The number of carbonyl (C=O) groups is 4. The van der Waals surface area contributed by atoms with Crippen LogP contribution in [0.4, 0.5) is 0 Å². The Hall–Kier alpha value is -3.09. The number of nitrogens with two attached hydrogens (primary N) is 1. The first kappa shape index (κ1) is 25.2. The molecule has 0 saturated carbocycles. The van der Waals surface area contributed by atoms with Crippen molar-refractivity contribution in [3.63, 3.8) is 0 Å². The lowest BCUT2D eigenvalue weighted by molar-refractivity contribution is -0.143. The minimum absolute atomic E-state index is 0.129. The summed E-state index contributed by atoms with van der Waals surface area (Å²) in [5, 5.41) is 25.8. The van der Waals surface area contributed by atoms with E-state index >= 15 is 0 Å². The van der Waals surface area contributed by atoms with Gasteiger partial charge in [0.2, 0.25) is 17.7 Å². The van der Waals surface area contributed by atoms with Crippen LogP contribution in [0.1, 0.15) is 12.5 Å². The summed E-state index contributed by atoms with van der Waals surface area (Å²) in [7, 11) is 0. The van der Waals surface area contributed by atoms with Crippen molar-refractivity contribution in [1.82, 2.24) is 20.9 Å². The molecule has 2 rings (SSSR count). The number of benzene rings is 1. The van der Waals surface area contributed by atoms with Crippen LogP contribution in [-0.2, 0) is 25.6 Å². The van der Waals surface area contributed by atoms with Crippen LogP contribution in [0.25, 0.3) is 10.9 Å². The van der Waals surface area contributed by atoms with Crippen molar-refractivity contribution in [3.05, 3.63) is 36.0 Å². The number of hydrogen-bond donors (Lipinski definition) is 8. The molecule has 0 aliphatic rings. The lowest BCUT2D eigenvalue weighted by atomic mass is 10.0. The summed E-state index contributed by atoms with van der Waals surface area (Å²) in [6.45, 7) is 0.613. The molecule has 12 heteroatoms. The van der Waals surface area contributed by atoms with Crippen LogP contribution >= 0.6 is 12.6 Å². The van der Waals surface area contributed by atoms with E-state index in [0.29, 0.717) is 0 Å². The van der Waals surface area contributed by atoms with Crippen molar-refractivity contribution in [2.75, 3.05) is 12.4 Å². The second kappa shape index (κ2) is 11.5. The van der Waals surface area contributed by atoms with E-state index in [1.54, 1.807) is 6.20 Å². The number of carbonyl (C=O) groups excluding carboxylic acids is 3. The predicted molar refractivity (Wildman–Crippen MR) is 120 cm³/mol. The number of nitrogens with one attached hydrogen (secondary N) is 4. The number of H-pyrrole nitrogens is 1. The van der Waals surface area contributed by atoms with Gasteiger partial charge in [-0.3, -0.25) is 14.4 Å². The highest BCUT2D eigenvalue weighted by molar-refractivity contribution is 7.80. The average molecular weight is 466 g/mol. The number of hydrogen-bond acceptors (Lipinski definition) is 7. The number of aliphatic hydroxyl groups excluding tert-OH is 1. The van der Waals surface area contributed by atoms with Crippen molar-refractivity contribution >= 4 is 47.2 Å². The van der Waals surface area contributed by atoms with Gasteiger partial charge in [-0.2, -0.15) is 12.6 Å². The quantitative estimate of drug-likeness (QED) is 0.186. The summed E-state index contributed by atoms with van der Waals surface area (Å²) in [4.78, 5) is 51.1. The summed E-state index contributed by atoms with van der Waals surface area (Å²) >= 11 is 3.99. The molecular weight excluding hydrogens is 438 g/mol. The highest BCUT2D eigenvalue weighted by Gasteiger charge is 2.28. The second-order valence-corrected chi connectivity index (χ2v) is 7.59. The van der Waals surface area contributed by atoms with Crippen LogP contribution in [-0.4, -0.2) is 75.4 Å². The predicted octanol–water partition coefficient (Wildman–Crippen LogP) is -1.48. The molecule has 4 atom stereocenters. The molecule has 8 N–H and O–H groups in total. The summed E-state index contributed by atoms with van der Waals surface area (Å²) in [5.74, 6) is -3.60. The maximum absolute atomic E-state index is 12.5. The van der Waals surface area contributed by atoms with Gasteiger partial charge in [0, 0.05) is 22.9 Å². The molecule has 0 aliphatic heterocycles. The number of fused-ring (bicyclic) bond motifs is 1. The average Bonchev–Trinajstić information content (AvgIpc) is 3.17. The fraction of sp³-hybridized carbons (Fsp3) is 0.400. The number of aromatic amines is 1. The lowest BCUT2D eigenvalue weighted by Crippen LogP contribution is -2.57. The fourth-order valence-electron chi connectivity index (χ4n) is 2.96. The number of thiol groups is 1. The molecule has 1 aromatic carbocycles. The molecule has 0 fully saturated rings. The molecule has 11 nitrogen and oxygen atoms in total. The third-order valence-electron chi connectivity index (χ3n) is 4.82. The van der Waals surface area contributed by atoms with Crippen LogP contribution in [0.15, 0.2) is 30.5 Å². The molecule has 0 bridgehead atoms. The summed E-state index contributed by atoms with van der Waals surface area (Å²) in [6, 6.07) is 2.99. The van der Waals surface area contributed by atoms with Gasteiger partial charge in [-0.1, -0.05) is 18.2 Å². The first-order valence-corrected chi connectivity index (χ1v) is 10.5. The van der Waals surface area contributed by atoms with Gasteiger partial charge in [0.05, 0.1) is 12.6 Å². The van der Waals surface area contributed by atoms with E-state index in [0.717, 1.165) is 16.5 Å². The van der Waals surface area contributed by atoms with E-state index in [9.17, 15) is 19.2 Å². The van der Waals surface area contributed by atoms with E-state index in [2.05, 4.69) is 33.6 Å². The lowest BCUT2D eigenvalue weighted by Gasteiger charge is -2.22. The Balaban J connectivity index is 1.91. The first-order chi connectivity index (χ1) is 15.2. The van der Waals surface area contributed by atoms with Crippen molar-refractivity contribution in [1.29, 1.82) is 0 Å². The van der Waals surface area contributed by atoms with Gasteiger partial charge in [-0.15, -0.1) is 0 Å². The maximum atomic E-state index is 12.5. The highest BCUT2D eigenvalue weighted by atomic mass is 32.1. The molecular formula is C20H27N5O6S. The Bertz CT molecular complexity index is 980. The highest BCUT2D eigenvalue weighted by Crippen LogP contribution is 2.18. The molecule has 0 radical (unpaired) electrons. The Morgan fingerprint density at radius 3 is 2.34 bits per heavy atom. The third-order valence-corrected chi connectivity index (χ3v) is 5.18. The van der Waals surface area contributed by atoms with Gasteiger partial charge in [0.1, 0.15) is 18.1 Å². The molecule has 0 saturated heterocycles. The molecule has 1 aromatic heterocycles. The molecule has 3 amide bonds. The van der Waals surface area contributed by atoms with Crippen LogP contribution in [0.3, 0.4) is 0 Å². The number of para-hydroxylation sites is 1. The topological polar surface area (TPSA) is 187 Å². The Labute approximate surface area is 189 Å². The largest absolute Gasteiger partial charge is 0.480 e. The molecule has 0 spiro atoms. The van der Waals surface area contributed by atoms with E-state index in [-0.39, 0.29) is 12.2 Å². The first-order valence-electron chi connectivity index (χ1n) is 9.84. The van der Waals surface area contributed by atoms with Crippen LogP contribution < -0.4 is 21.7 Å². The summed E-state index contributed by atoms with van der Waals surface area (Å²) in [6.07, 6.45) is 2.03. The van der Waals surface area contributed by atoms with E-state index < -0.39 is 54.5 Å². The molecule has 32 heavy (non-hydrogen) atoms. The summed E-state index contributed by atoms with van der Waals surface area (Å²) < 4.78 is 0. The fourth-order valence-corrected chi connectivity index (χ4v) is 3.22.